The fourth-order valence-electron chi connectivity index (χ4n) is 3.28. The molecule has 1 aromatic carbocycles. The Balaban J connectivity index is 1.45. The summed E-state index contributed by atoms with van der Waals surface area (Å²) in [6.45, 7) is 4.38. The van der Waals surface area contributed by atoms with Gasteiger partial charge < -0.3 is 15.4 Å². The van der Waals surface area contributed by atoms with Crippen molar-refractivity contribution in [1.29, 1.82) is 0 Å². The van der Waals surface area contributed by atoms with Gasteiger partial charge in [-0.1, -0.05) is 29.3 Å². The van der Waals surface area contributed by atoms with Crippen molar-refractivity contribution >= 4 is 29.2 Å². The highest BCUT2D eigenvalue weighted by molar-refractivity contribution is 6.35. The molecule has 2 N–H and O–H groups in total. The largest absolute Gasteiger partial charge is 0.373 e. The van der Waals surface area contributed by atoms with E-state index in [2.05, 4.69) is 20.5 Å². The Labute approximate surface area is 153 Å². The molecule has 2 atom stereocenters. The topological polar surface area (TPSA) is 48.9 Å². The molecule has 2 unspecified atom stereocenters. The maximum atomic E-state index is 6.20. The molecule has 2 heterocycles. The van der Waals surface area contributed by atoms with E-state index in [1.807, 2.05) is 12.1 Å². The van der Waals surface area contributed by atoms with Crippen LogP contribution in [0.25, 0.3) is 0 Å². The Morgan fingerprint density at radius 1 is 1.38 bits per heavy atom. The molecule has 7 heteroatoms. The predicted octanol–water partition coefficient (Wildman–Crippen LogP) is 2.52. The molecule has 0 aliphatic carbocycles. The standard InChI is InChI=1S/C17H24Cl2N4O/c1-20-17(21-8-12-4-5-13(18)7-16(12)19)22-9-15-10-23-6-2-3-14(23)11-24-15/h4-5,7,14-15H,2-3,6,8-11H2,1H3,(H2,20,21,22). The van der Waals surface area contributed by atoms with E-state index < -0.39 is 0 Å². The van der Waals surface area contributed by atoms with Gasteiger partial charge in [-0.05, 0) is 37.1 Å². The van der Waals surface area contributed by atoms with Crippen molar-refractivity contribution in [3.8, 4) is 0 Å². The highest BCUT2D eigenvalue weighted by atomic mass is 35.5. The number of hydrogen-bond acceptors (Lipinski definition) is 3. The van der Waals surface area contributed by atoms with E-state index in [0.717, 1.165) is 31.2 Å². The molecule has 2 saturated heterocycles. The first kappa shape index (κ1) is 17.8. The molecule has 2 aliphatic heterocycles. The molecule has 0 spiro atoms. The van der Waals surface area contributed by atoms with Crippen LogP contribution in [0.2, 0.25) is 10.0 Å². The number of nitrogens with one attached hydrogen (secondary N) is 2. The van der Waals surface area contributed by atoms with Crippen molar-refractivity contribution in [2.24, 2.45) is 4.99 Å². The van der Waals surface area contributed by atoms with Gasteiger partial charge in [-0.3, -0.25) is 9.89 Å². The lowest BCUT2D eigenvalue weighted by atomic mass is 10.2. The molecule has 132 valence electrons. The monoisotopic (exact) mass is 370 g/mol. The maximum Gasteiger partial charge on any atom is 0.191 e. The van der Waals surface area contributed by atoms with E-state index in [1.165, 1.54) is 19.4 Å². The van der Waals surface area contributed by atoms with Gasteiger partial charge in [0.25, 0.3) is 0 Å². The summed E-state index contributed by atoms with van der Waals surface area (Å²) in [4.78, 5) is 6.80. The zero-order valence-corrected chi connectivity index (χ0v) is 15.4. The molecule has 0 amide bonds. The molecular formula is C17H24Cl2N4O. The highest BCUT2D eigenvalue weighted by Gasteiger charge is 2.32. The Hall–Kier alpha value is -1.01. The zero-order valence-electron chi connectivity index (χ0n) is 13.9. The smallest absolute Gasteiger partial charge is 0.191 e. The second-order valence-corrected chi connectivity index (χ2v) is 7.13. The number of aliphatic imine (C=N–C) groups is 1. The fraction of sp³-hybridized carbons (Fsp3) is 0.588. The number of morpholine rings is 1. The molecule has 0 saturated carbocycles. The average Bonchev–Trinajstić information content (AvgIpc) is 3.04. The fourth-order valence-corrected chi connectivity index (χ4v) is 3.76. The second kappa shape index (κ2) is 8.39. The number of guanidine groups is 1. The van der Waals surface area contributed by atoms with Gasteiger partial charge in [-0.15, -0.1) is 0 Å². The van der Waals surface area contributed by atoms with Crippen LogP contribution in [-0.4, -0.2) is 56.3 Å². The number of nitrogens with zero attached hydrogens (tertiary/aromatic N) is 2. The summed E-state index contributed by atoms with van der Waals surface area (Å²) in [7, 11) is 1.76. The first-order valence-electron chi connectivity index (χ1n) is 8.40. The van der Waals surface area contributed by atoms with Gasteiger partial charge in [0, 0.05) is 42.8 Å². The lowest BCUT2D eigenvalue weighted by Crippen LogP contribution is -2.51. The van der Waals surface area contributed by atoms with Crippen molar-refractivity contribution in [1.82, 2.24) is 15.5 Å². The van der Waals surface area contributed by atoms with E-state index in [9.17, 15) is 0 Å². The SMILES string of the molecule is CN=C(NCc1ccc(Cl)cc1Cl)NCC1CN2CCCC2CO1. The van der Waals surface area contributed by atoms with Crippen LogP contribution < -0.4 is 10.6 Å². The van der Waals surface area contributed by atoms with Crippen LogP contribution in [0.5, 0.6) is 0 Å². The summed E-state index contributed by atoms with van der Waals surface area (Å²) in [6.07, 6.45) is 2.77. The van der Waals surface area contributed by atoms with E-state index >= 15 is 0 Å². The van der Waals surface area contributed by atoms with Gasteiger partial charge in [0.05, 0.1) is 12.7 Å². The Morgan fingerprint density at radius 3 is 3.04 bits per heavy atom. The van der Waals surface area contributed by atoms with E-state index in [0.29, 0.717) is 22.6 Å². The molecule has 0 aromatic heterocycles. The third kappa shape index (κ3) is 4.54. The van der Waals surface area contributed by atoms with Gasteiger partial charge in [-0.2, -0.15) is 0 Å². The molecule has 24 heavy (non-hydrogen) atoms. The normalized spacial score (nSPS) is 24.7. The average molecular weight is 371 g/mol. The Bertz CT molecular complexity index is 596. The quantitative estimate of drug-likeness (QED) is 0.631. The molecule has 2 fully saturated rings. The summed E-state index contributed by atoms with van der Waals surface area (Å²) in [6, 6.07) is 6.13. The maximum absolute atomic E-state index is 6.20. The van der Waals surface area contributed by atoms with Gasteiger partial charge >= 0.3 is 0 Å². The van der Waals surface area contributed by atoms with Crippen LogP contribution >= 0.6 is 23.2 Å². The summed E-state index contributed by atoms with van der Waals surface area (Å²) in [5.74, 6) is 0.744. The molecule has 0 bridgehead atoms. The molecule has 3 rings (SSSR count). The number of fused-ring (bicyclic) bond motifs is 1. The Kier molecular flexibility index (Phi) is 6.22. The predicted molar refractivity (Wildman–Crippen MR) is 99.0 cm³/mol. The van der Waals surface area contributed by atoms with Crippen LogP contribution in [0.1, 0.15) is 18.4 Å². The number of rotatable bonds is 4. The number of benzene rings is 1. The molecule has 1 aromatic rings. The van der Waals surface area contributed by atoms with Crippen molar-refractivity contribution < 1.29 is 4.74 Å². The van der Waals surface area contributed by atoms with Crippen LogP contribution in [0.15, 0.2) is 23.2 Å². The third-order valence-corrected chi connectivity index (χ3v) is 5.23. The second-order valence-electron chi connectivity index (χ2n) is 6.29. The van der Waals surface area contributed by atoms with Crippen molar-refractivity contribution in [2.75, 3.05) is 33.3 Å². The summed E-state index contributed by atoms with van der Waals surface area (Å²) in [5.41, 5.74) is 0.984. The van der Waals surface area contributed by atoms with Gasteiger partial charge in [0.1, 0.15) is 0 Å². The number of halogens is 2. The minimum Gasteiger partial charge on any atom is -0.373 e. The van der Waals surface area contributed by atoms with E-state index in [-0.39, 0.29) is 6.10 Å². The minimum atomic E-state index is 0.206. The lowest BCUT2D eigenvalue weighted by Gasteiger charge is -2.35. The van der Waals surface area contributed by atoms with Crippen LogP contribution in [0.4, 0.5) is 0 Å². The van der Waals surface area contributed by atoms with Crippen molar-refractivity contribution in [2.45, 2.75) is 31.5 Å². The Morgan fingerprint density at radius 2 is 2.25 bits per heavy atom. The van der Waals surface area contributed by atoms with Gasteiger partial charge in [0.2, 0.25) is 0 Å². The van der Waals surface area contributed by atoms with Crippen LogP contribution in [0.3, 0.4) is 0 Å². The summed E-state index contributed by atoms with van der Waals surface area (Å²) in [5, 5.41) is 7.91. The van der Waals surface area contributed by atoms with Gasteiger partial charge in [0.15, 0.2) is 5.96 Å². The number of hydrogen-bond donors (Lipinski definition) is 2. The third-order valence-electron chi connectivity index (χ3n) is 4.64. The van der Waals surface area contributed by atoms with Crippen molar-refractivity contribution in [3.63, 3.8) is 0 Å². The van der Waals surface area contributed by atoms with Crippen LogP contribution in [0, 0.1) is 0 Å². The summed E-state index contributed by atoms with van der Waals surface area (Å²) < 4.78 is 5.96. The molecule has 0 radical (unpaired) electrons. The van der Waals surface area contributed by atoms with E-state index in [1.54, 1.807) is 13.1 Å². The zero-order chi connectivity index (χ0) is 16.9. The minimum absolute atomic E-state index is 0.206. The van der Waals surface area contributed by atoms with E-state index in [4.69, 9.17) is 27.9 Å². The number of ether oxygens (including phenoxy) is 1. The lowest BCUT2D eigenvalue weighted by molar-refractivity contribution is -0.0453. The van der Waals surface area contributed by atoms with Crippen LogP contribution in [-0.2, 0) is 11.3 Å². The first-order valence-corrected chi connectivity index (χ1v) is 9.15. The molecule has 2 aliphatic rings. The summed E-state index contributed by atoms with van der Waals surface area (Å²) >= 11 is 12.1. The molecular weight excluding hydrogens is 347 g/mol. The van der Waals surface area contributed by atoms with Crippen molar-refractivity contribution in [3.05, 3.63) is 33.8 Å². The molecule has 5 nitrogen and oxygen atoms in total. The van der Waals surface area contributed by atoms with Gasteiger partial charge in [-0.25, -0.2) is 0 Å². The highest BCUT2D eigenvalue weighted by Crippen LogP contribution is 2.22. The first-order chi connectivity index (χ1) is 11.7.